The van der Waals surface area contributed by atoms with Gasteiger partial charge in [0.2, 0.25) is 0 Å². The van der Waals surface area contributed by atoms with Crippen molar-refractivity contribution in [2.24, 2.45) is 0 Å². The smallest absolute Gasteiger partial charge is 0.146 e. The minimum Gasteiger partial charge on any atom is -0.290 e. The van der Waals surface area contributed by atoms with Crippen molar-refractivity contribution >= 4 is 38.4 Å². The maximum absolute atomic E-state index is 5.09. The van der Waals surface area contributed by atoms with Gasteiger partial charge in [-0.25, -0.2) is 4.98 Å². The summed E-state index contributed by atoms with van der Waals surface area (Å²) in [7, 11) is 0. The van der Waals surface area contributed by atoms with Gasteiger partial charge in [-0.15, -0.1) is 0 Å². The molecule has 0 atom stereocenters. The molecule has 0 unspecified atom stereocenters. The molecule has 0 N–H and O–H groups in total. The molecule has 9 rings (SSSR count). The van der Waals surface area contributed by atoms with E-state index in [1.807, 2.05) is 12.4 Å². The summed E-state index contributed by atoms with van der Waals surface area (Å²) in [5, 5.41) is 3.68. The maximum Gasteiger partial charge on any atom is 0.146 e. The average molecular weight is 446 g/mol. The quantitative estimate of drug-likeness (QED) is 0.229. The lowest BCUT2D eigenvalue weighted by Crippen LogP contribution is -1.93. The highest BCUT2D eigenvalue weighted by Crippen LogP contribution is 2.50. The molecule has 0 radical (unpaired) electrons. The number of hydrogen-bond acceptors (Lipinski definition) is 2. The van der Waals surface area contributed by atoms with Crippen LogP contribution in [0.5, 0.6) is 0 Å². The Balaban J connectivity index is 1.44. The molecule has 2 aliphatic carbocycles. The highest BCUT2D eigenvalue weighted by Gasteiger charge is 2.29. The van der Waals surface area contributed by atoms with E-state index < -0.39 is 0 Å². The Morgan fingerprint density at radius 1 is 0.600 bits per heavy atom. The van der Waals surface area contributed by atoms with Crippen LogP contribution in [0.2, 0.25) is 0 Å². The molecule has 162 valence electrons. The van der Waals surface area contributed by atoms with Gasteiger partial charge < -0.3 is 0 Å². The molecule has 35 heavy (non-hydrogen) atoms. The average Bonchev–Trinajstić information content (AvgIpc) is 3.58. The van der Waals surface area contributed by atoms with Gasteiger partial charge in [-0.1, -0.05) is 48.5 Å². The minimum atomic E-state index is 0.969. The van der Waals surface area contributed by atoms with E-state index in [-0.39, 0.29) is 0 Å². The van der Waals surface area contributed by atoms with Gasteiger partial charge in [-0.2, -0.15) is 0 Å². The molecule has 0 saturated carbocycles. The molecule has 0 aliphatic heterocycles. The van der Waals surface area contributed by atoms with E-state index in [1.165, 1.54) is 60.7 Å². The summed E-state index contributed by atoms with van der Waals surface area (Å²) >= 11 is 0. The lowest BCUT2D eigenvalue weighted by atomic mass is 9.92. The van der Waals surface area contributed by atoms with Crippen molar-refractivity contribution in [2.75, 3.05) is 0 Å². The number of nitrogens with zero attached hydrogens (tertiary/aromatic N) is 3. The summed E-state index contributed by atoms with van der Waals surface area (Å²) in [4.78, 5) is 9.58. The van der Waals surface area contributed by atoms with Gasteiger partial charge in [-0.05, 0) is 93.1 Å². The summed E-state index contributed by atoms with van der Waals surface area (Å²) in [5.74, 6) is 0. The van der Waals surface area contributed by atoms with Crippen molar-refractivity contribution in [3.05, 3.63) is 114 Å². The monoisotopic (exact) mass is 445 g/mol. The predicted octanol–water partition coefficient (Wildman–Crippen LogP) is 7.33. The van der Waals surface area contributed by atoms with E-state index in [0.29, 0.717) is 0 Å². The van der Waals surface area contributed by atoms with E-state index in [4.69, 9.17) is 4.98 Å². The number of pyridine rings is 2. The molecule has 0 fully saturated rings. The largest absolute Gasteiger partial charge is 0.290 e. The molecule has 0 bridgehead atoms. The van der Waals surface area contributed by atoms with Gasteiger partial charge in [0.15, 0.2) is 0 Å². The van der Waals surface area contributed by atoms with Crippen LogP contribution in [0.15, 0.2) is 91.3 Å². The van der Waals surface area contributed by atoms with Crippen molar-refractivity contribution in [1.29, 1.82) is 0 Å². The first-order valence-electron chi connectivity index (χ1n) is 12.2. The fraction of sp³-hybridized carbons (Fsp3) is 0.0625. The van der Waals surface area contributed by atoms with E-state index in [1.54, 1.807) is 0 Å². The summed E-state index contributed by atoms with van der Waals surface area (Å²) < 4.78 is 2.28. The van der Waals surface area contributed by atoms with Gasteiger partial charge in [-0.3, -0.25) is 9.38 Å². The number of hydrogen-bond donors (Lipinski definition) is 0. The minimum absolute atomic E-state index is 0.969. The summed E-state index contributed by atoms with van der Waals surface area (Å²) in [6.07, 6.45) is 5.88. The first-order chi connectivity index (χ1) is 17.3. The van der Waals surface area contributed by atoms with Crippen molar-refractivity contribution in [2.45, 2.75) is 12.8 Å². The molecule has 7 aromatic rings. The summed E-state index contributed by atoms with van der Waals surface area (Å²) in [6, 6.07) is 29.0. The summed E-state index contributed by atoms with van der Waals surface area (Å²) in [6.45, 7) is 0. The van der Waals surface area contributed by atoms with Crippen LogP contribution in [0.1, 0.15) is 22.3 Å². The second-order valence-corrected chi connectivity index (χ2v) is 9.85. The Bertz CT molecular complexity index is 2060. The number of rotatable bonds is 0. The van der Waals surface area contributed by atoms with Gasteiger partial charge in [0, 0.05) is 17.0 Å². The van der Waals surface area contributed by atoms with E-state index in [2.05, 4.69) is 88.2 Å². The lowest BCUT2D eigenvalue weighted by Gasteiger charge is -2.13. The molecule has 2 aliphatic rings. The number of aromatic nitrogens is 3. The standard InChI is InChI=1S/C32H19N3/c1-2-6-22-18(5-1)13-19-9-10-20-14-21-15-26-25(16-24(21)31(20)30(19)22)23-11-12-33-17-29(23)35-28-8-4-3-7-27(28)34-32(26)35/h1-12,15-17H,13-14H2. The third kappa shape index (κ3) is 2.17. The van der Waals surface area contributed by atoms with Crippen LogP contribution in [-0.2, 0) is 12.8 Å². The molecular formula is C32H19N3. The molecule has 3 aromatic heterocycles. The molecular weight excluding hydrogens is 426 g/mol. The number of fused-ring (bicyclic) bond motifs is 15. The van der Waals surface area contributed by atoms with Crippen LogP contribution in [0.25, 0.3) is 60.6 Å². The fourth-order valence-corrected chi connectivity index (χ4v) is 6.60. The zero-order valence-corrected chi connectivity index (χ0v) is 18.9. The van der Waals surface area contributed by atoms with Crippen LogP contribution in [0.4, 0.5) is 0 Å². The molecule has 4 aromatic carbocycles. The Morgan fingerprint density at radius 3 is 2.34 bits per heavy atom. The first kappa shape index (κ1) is 17.9. The van der Waals surface area contributed by atoms with Crippen molar-refractivity contribution in [3.63, 3.8) is 0 Å². The molecule has 3 heterocycles. The zero-order chi connectivity index (χ0) is 22.7. The first-order valence-corrected chi connectivity index (χ1v) is 12.2. The molecule has 0 spiro atoms. The Hall–Kier alpha value is -4.50. The van der Waals surface area contributed by atoms with Gasteiger partial charge in [0.05, 0.1) is 22.7 Å². The Kier molecular flexibility index (Phi) is 3.14. The Morgan fingerprint density at radius 2 is 1.40 bits per heavy atom. The molecule has 0 saturated heterocycles. The van der Waals surface area contributed by atoms with Crippen LogP contribution in [0.3, 0.4) is 0 Å². The van der Waals surface area contributed by atoms with Gasteiger partial charge >= 0.3 is 0 Å². The van der Waals surface area contributed by atoms with Crippen LogP contribution in [0, 0.1) is 0 Å². The zero-order valence-electron chi connectivity index (χ0n) is 18.9. The highest BCUT2D eigenvalue weighted by molar-refractivity contribution is 6.15. The van der Waals surface area contributed by atoms with Crippen molar-refractivity contribution < 1.29 is 0 Å². The van der Waals surface area contributed by atoms with E-state index in [0.717, 1.165) is 35.0 Å². The van der Waals surface area contributed by atoms with Crippen molar-refractivity contribution in [3.8, 4) is 22.3 Å². The maximum atomic E-state index is 5.09. The predicted molar refractivity (Wildman–Crippen MR) is 142 cm³/mol. The van der Waals surface area contributed by atoms with Gasteiger partial charge in [0.1, 0.15) is 5.65 Å². The number of imidazole rings is 1. The third-order valence-corrected chi connectivity index (χ3v) is 8.07. The Labute approximate surface area is 201 Å². The highest BCUT2D eigenvalue weighted by atomic mass is 15.0. The SMILES string of the molecule is c1ccc2c(c1)Cc1ccc3c(c1-2)-c1cc2c4ccncc4n4c5ccccc5nc4c2cc1C3. The molecule has 3 heteroatoms. The van der Waals surface area contributed by atoms with E-state index in [9.17, 15) is 0 Å². The fourth-order valence-electron chi connectivity index (χ4n) is 6.60. The third-order valence-electron chi connectivity index (χ3n) is 8.07. The topological polar surface area (TPSA) is 30.2 Å². The molecule has 0 amide bonds. The van der Waals surface area contributed by atoms with E-state index >= 15 is 0 Å². The van der Waals surface area contributed by atoms with Crippen molar-refractivity contribution in [1.82, 2.24) is 14.4 Å². The number of benzene rings is 4. The number of para-hydroxylation sites is 2. The van der Waals surface area contributed by atoms with Crippen LogP contribution < -0.4 is 0 Å². The van der Waals surface area contributed by atoms with Gasteiger partial charge in [0.25, 0.3) is 0 Å². The normalized spacial score (nSPS) is 13.5. The van der Waals surface area contributed by atoms with Crippen LogP contribution >= 0.6 is 0 Å². The second-order valence-electron chi connectivity index (χ2n) is 9.85. The summed E-state index contributed by atoms with van der Waals surface area (Å²) in [5.41, 5.74) is 15.6. The molecule has 3 nitrogen and oxygen atoms in total. The van der Waals surface area contributed by atoms with Crippen LogP contribution in [-0.4, -0.2) is 14.4 Å². The lowest BCUT2D eigenvalue weighted by molar-refractivity contribution is 1.23. The second kappa shape index (κ2) is 6.13.